The third-order valence-corrected chi connectivity index (χ3v) is 13.7. The molecule has 3 saturated heterocycles. The lowest BCUT2D eigenvalue weighted by atomic mass is 9.81. The molecule has 5 heterocycles. The molecule has 3 aliphatic heterocycles. The van der Waals surface area contributed by atoms with Crippen LogP contribution in [0.3, 0.4) is 0 Å². The highest BCUT2D eigenvalue weighted by atomic mass is 16.5. The molecular weight excluding hydrogens is 787 g/mol. The maximum absolute atomic E-state index is 13.3. The number of nitrogens with two attached hydrogens (primary N) is 1. The highest BCUT2D eigenvalue weighted by molar-refractivity contribution is 6.03. The van der Waals surface area contributed by atoms with Crippen LogP contribution in [0.2, 0.25) is 0 Å². The molecule has 4 N–H and O–H groups in total. The number of rotatable bonds is 14. The summed E-state index contributed by atoms with van der Waals surface area (Å²) in [6.07, 6.45) is 13.0. The Hall–Kier alpha value is -5.39. The Morgan fingerprint density at radius 3 is 2.58 bits per heavy atom. The van der Waals surface area contributed by atoms with Gasteiger partial charge in [0, 0.05) is 69.1 Å². The first-order valence-electron chi connectivity index (χ1n) is 22.7. The molecule has 4 aromatic rings. The average Bonchev–Trinajstić information content (AvgIpc) is 3.78. The van der Waals surface area contributed by atoms with E-state index in [1.165, 1.54) is 7.11 Å². The lowest BCUT2D eigenvalue weighted by Gasteiger charge is -2.36. The summed E-state index contributed by atoms with van der Waals surface area (Å²) in [5, 5.41) is 7.34. The molecule has 3 atom stereocenters. The Kier molecular flexibility index (Phi) is 13.5. The number of para-hydroxylation sites is 1. The Bertz CT molecular complexity index is 2410. The van der Waals surface area contributed by atoms with Crippen LogP contribution in [0.25, 0.3) is 21.8 Å². The highest BCUT2D eigenvalue weighted by Crippen LogP contribution is 2.35. The van der Waals surface area contributed by atoms with Gasteiger partial charge in [-0.25, -0.2) is 9.78 Å². The Morgan fingerprint density at radius 1 is 1.03 bits per heavy atom. The predicted octanol–water partition coefficient (Wildman–Crippen LogP) is 5.01. The van der Waals surface area contributed by atoms with Gasteiger partial charge in [-0.3, -0.25) is 23.5 Å². The van der Waals surface area contributed by atoms with Crippen LogP contribution >= 0.6 is 0 Å². The van der Waals surface area contributed by atoms with Gasteiger partial charge in [-0.05, 0) is 99.8 Å². The van der Waals surface area contributed by atoms with Crippen molar-refractivity contribution >= 4 is 39.5 Å². The van der Waals surface area contributed by atoms with Gasteiger partial charge >= 0.3 is 5.69 Å². The topological polar surface area (TPSA) is 172 Å². The number of hydrogen-bond acceptors (Lipinski definition) is 9. The summed E-state index contributed by atoms with van der Waals surface area (Å²) in [7, 11) is 3.30. The molecule has 4 aliphatic rings. The van der Waals surface area contributed by atoms with Crippen LogP contribution in [0.1, 0.15) is 105 Å². The van der Waals surface area contributed by atoms with Crippen LogP contribution in [-0.4, -0.2) is 95.4 Å². The number of likely N-dealkylation sites (tertiary alicyclic amines) is 1. The monoisotopic (exact) mass is 847 g/mol. The maximum Gasteiger partial charge on any atom is 0.329 e. The summed E-state index contributed by atoms with van der Waals surface area (Å²) >= 11 is 0. The maximum atomic E-state index is 13.3. The van der Waals surface area contributed by atoms with Crippen LogP contribution < -0.4 is 31.5 Å². The normalized spacial score (nSPS) is 23.5. The number of nitrogens with one attached hydrogen (secondary N) is 2. The van der Waals surface area contributed by atoms with Crippen LogP contribution in [0, 0.1) is 29.6 Å². The number of aryl methyl sites for hydroxylation is 2. The van der Waals surface area contributed by atoms with Crippen LogP contribution in [-0.2, 0) is 27.8 Å². The van der Waals surface area contributed by atoms with E-state index in [4.69, 9.17) is 19.9 Å². The van der Waals surface area contributed by atoms with Crippen molar-refractivity contribution in [2.75, 3.05) is 46.5 Å². The summed E-state index contributed by atoms with van der Waals surface area (Å²) in [6, 6.07) is 8.94. The molecule has 2 aromatic heterocycles. The van der Waals surface area contributed by atoms with Crippen molar-refractivity contribution in [1.29, 1.82) is 0 Å². The average molecular weight is 848 g/mol. The van der Waals surface area contributed by atoms with Gasteiger partial charge in [0.15, 0.2) is 0 Å². The number of aromatic nitrogens is 3. The van der Waals surface area contributed by atoms with E-state index in [2.05, 4.69) is 45.3 Å². The number of nitrogens with zero attached hydrogens (tertiary/aromatic N) is 4. The molecule has 4 fully saturated rings. The fourth-order valence-electron chi connectivity index (χ4n) is 10.2. The van der Waals surface area contributed by atoms with E-state index in [-0.39, 0.29) is 53.7 Å². The van der Waals surface area contributed by atoms with Crippen LogP contribution in [0.15, 0.2) is 41.3 Å². The van der Waals surface area contributed by atoms with E-state index in [1.54, 1.807) is 34.5 Å². The van der Waals surface area contributed by atoms with E-state index < -0.39 is 11.9 Å². The minimum atomic E-state index is -0.590. The minimum absolute atomic E-state index is 0.0356. The number of piperidine rings is 2. The fourth-order valence-corrected chi connectivity index (χ4v) is 10.2. The number of benzene rings is 2. The van der Waals surface area contributed by atoms with E-state index in [9.17, 15) is 19.2 Å². The Morgan fingerprint density at radius 2 is 1.84 bits per heavy atom. The molecule has 3 amide bonds. The first-order valence-corrected chi connectivity index (χ1v) is 22.7. The Labute approximate surface area is 363 Å². The molecule has 8 rings (SSSR count). The number of carbonyl (C=O) groups is 3. The molecule has 1 unspecified atom stereocenters. The van der Waals surface area contributed by atoms with E-state index in [0.29, 0.717) is 54.5 Å². The van der Waals surface area contributed by atoms with E-state index >= 15 is 0 Å². The zero-order valence-electron chi connectivity index (χ0n) is 36.4. The van der Waals surface area contributed by atoms with Gasteiger partial charge in [-0.1, -0.05) is 37.3 Å². The van der Waals surface area contributed by atoms with E-state index in [0.717, 1.165) is 106 Å². The van der Waals surface area contributed by atoms with Crippen LogP contribution in [0.4, 0.5) is 0 Å². The zero-order chi connectivity index (χ0) is 43.3. The van der Waals surface area contributed by atoms with Crippen molar-refractivity contribution in [1.82, 2.24) is 29.7 Å². The number of imidazole rings is 1. The molecule has 0 radical (unpaired) electrons. The third kappa shape index (κ3) is 9.34. The fraction of sp³-hybridized carbons (Fsp3) is 0.562. The van der Waals surface area contributed by atoms with Crippen LogP contribution in [0.5, 0.6) is 11.6 Å². The standard InChI is InChI=1S/C48H61N7O7/c1-4-32-24-43(56)52-39(32)29-62-47-37-26-42(60-3)38(45(49)57)25-36(37)34(27-51-47)17-16-30-12-14-31(15-13-30)28-54-21-18-35(19-22-54)61-23-7-9-33-8-5-10-40-44(33)53(2)48(59)55(40)41-11-6-20-50-46(41)58/h5,8,10,25-27,30-32,35,39,41H,4,6-7,9,11-15,18-24,28-29H2,1-3H3,(H2,49,57)(H,50,58)(H,52,56)/t30-,31-,32-,39-,41?/m1/s1. The lowest BCUT2D eigenvalue weighted by molar-refractivity contribution is -0.125. The van der Waals surface area contributed by atoms with Crippen molar-refractivity contribution in [2.24, 2.45) is 30.5 Å². The molecule has 14 heteroatoms. The van der Waals surface area contributed by atoms with Gasteiger partial charge in [0.05, 0.1) is 41.4 Å². The van der Waals surface area contributed by atoms with Gasteiger partial charge in [0.2, 0.25) is 17.7 Å². The smallest absolute Gasteiger partial charge is 0.329 e. The predicted molar refractivity (Wildman–Crippen MR) is 237 cm³/mol. The number of hydrogen-bond donors (Lipinski definition) is 3. The van der Waals surface area contributed by atoms with Gasteiger partial charge in [-0.2, -0.15) is 0 Å². The van der Waals surface area contributed by atoms with Gasteiger partial charge in [-0.15, -0.1) is 0 Å². The summed E-state index contributed by atoms with van der Waals surface area (Å²) in [4.78, 5) is 57.7. The van der Waals surface area contributed by atoms with Gasteiger partial charge in [0.1, 0.15) is 18.4 Å². The summed E-state index contributed by atoms with van der Waals surface area (Å²) in [5.74, 6) is 8.15. The number of ether oxygens (including phenoxy) is 3. The molecule has 1 aliphatic carbocycles. The zero-order valence-corrected chi connectivity index (χ0v) is 36.4. The van der Waals surface area contributed by atoms with Crippen molar-refractivity contribution in [3.05, 3.63) is 63.7 Å². The molecule has 330 valence electrons. The first-order chi connectivity index (χ1) is 30.1. The third-order valence-electron chi connectivity index (χ3n) is 13.7. The van der Waals surface area contributed by atoms with Crippen molar-refractivity contribution in [3.8, 4) is 23.5 Å². The van der Waals surface area contributed by atoms with Crippen molar-refractivity contribution < 1.29 is 28.6 Å². The second-order valence-corrected chi connectivity index (χ2v) is 17.7. The first kappa shape index (κ1) is 43.3. The summed E-state index contributed by atoms with van der Waals surface area (Å²) < 4.78 is 21.5. The molecule has 1 saturated carbocycles. The molecule has 0 spiro atoms. The molecular formula is C48H61N7O7. The quantitative estimate of drug-likeness (QED) is 0.117. The second-order valence-electron chi connectivity index (χ2n) is 17.7. The minimum Gasteiger partial charge on any atom is -0.496 e. The number of pyridine rings is 1. The number of primary amides is 1. The van der Waals surface area contributed by atoms with Gasteiger partial charge in [0.25, 0.3) is 5.91 Å². The molecule has 14 nitrogen and oxygen atoms in total. The summed E-state index contributed by atoms with van der Waals surface area (Å²) in [6.45, 7) is 6.89. The summed E-state index contributed by atoms with van der Waals surface area (Å²) in [5.41, 5.74) is 9.43. The Balaban J connectivity index is 0.807. The SMILES string of the molecule is CC[C@@H]1CC(=O)N[C@@H]1COc1ncc(C#C[C@H]2CC[C@H](CN3CCC(OCCCc4cccc5c4n(C)c(=O)n5C4CCCNC4=O)CC3)CC2)c2cc(C(N)=O)c(OC)cc12. The number of amides is 3. The van der Waals surface area contributed by atoms with Gasteiger partial charge < -0.3 is 35.5 Å². The number of carbonyl (C=O) groups excluding carboxylic acids is 3. The highest BCUT2D eigenvalue weighted by Gasteiger charge is 2.32. The van der Waals surface area contributed by atoms with Crippen molar-refractivity contribution in [3.63, 3.8) is 0 Å². The lowest BCUT2D eigenvalue weighted by Crippen LogP contribution is -2.41. The molecule has 62 heavy (non-hydrogen) atoms. The van der Waals surface area contributed by atoms with Crippen molar-refractivity contribution in [2.45, 2.75) is 102 Å². The second kappa shape index (κ2) is 19.3. The molecule has 0 bridgehead atoms. The number of fused-ring (bicyclic) bond motifs is 2. The largest absolute Gasteiger partial charge is 0.496 e. The number of methoxy groups -OCH3 is 1. The molecule has 2 aromatic carbocycles. The van der Waals surface area contributed by atoms with E-state index in [1.807, 2.05) is 12.1 Å².